The summed E-state index contributed by atoms with van der Waals surface area (Å²) in [5.74, 6) is 0.519. The SMILES string of the molecule is Cc1ccccc1CNC(=O)Nc1ccc(Br)cn1. The second kappa shape index (κ2) is 6.33. The van der Waals surface area contributed by atoms with E-state index in [4.69, 9.17) is 0 Å². The monoisotopic (exact) mass is 319 g/mol. The van der Waals surface area contributed by atoms with Crippen LogP contribution in [0.3, 0.4) is 0 Å². The predicted octanol–water partition coefficient (Wildman–Crippen LogP) is 3.47. The normalized spacial score (nSPS) is 10.0. The number of amides is 2. The van der Waals surface area contributed by atoms with Crippen LogP contribution in [0.25, 0.3) is 0 Å². The van der Waals surface area contributed by atoms with Crippen LogP contribution in [0.15, 0.2) is 47.1 Å². The Labute approximate surface area is 120 Å². The second-order valence-electron chi connectivity index (χ2n) is 4.10. The van der Waals surface area contributed by atoms with Crippen molar-refractivity contribution in [2.75, 3.05) is 5.32 Å². The number of nitrogens with one attached hydrogen (secondary N) is 2. The van der Waals surface area contributed by atoms with E-state index in [2.05, 4.69) is 31.5 Å². The van der Waals surface area contributed by atoms with Gasteiger partial charge >= 0.3 is 6.03 Å². The van der Waals surface area contributed by atoms with Crippen LogP contribution in [-0.2, 0) is 6.54 Å². The number of hydrogen-bond donors (Lipinski definition) is 2. The summed E-state index contributed by atoms with van der Waals surface area (Å²) in [6, 6.07) is 11.2. The molecule has 2 rings (SSSR count). The summed E-state index contributed by atoms with van der Waals surface area (Å²) in [6.45, 7) is 2.51. The van der Waals surface area contributed by atoms with Crippen LogP contribution in [0.2, 0.25) is 0 Å². The average Bonchev–Trinajstić information content (AvgIpc) is 2.40. The molecule has 2 N–H and O–H groups in total. The fourth-order valence-electron chi connectivity index (χ4n) is 1.59. The van der Waals surface area contributed by atoms with Gasteiger partial charge in [-0.1, -0.05) is 24.3 Å². The molecular weight excluding hydrogens is 306 g/mol. The number of carbonyl (C=O) groups excluding carboxylic acids is 1. The van der Waals surface area contributed by atoms with Gasteiger partial charge in [-0.2, -0.15) is 0 Å². The fraction of sp³-hybridized carbons (Fsp3) is 0.143. The van der Waals surface area contributed by atoms with Gasteiger partial charge in [0.05, 0.1) is 0 Å². The molecule has 5 heteroatoms. The number of anilines is 1. The average molecular weight is 320 g/mol. The number of benzene rings is 1. The van der Waals surface area contributed by atoms with Crippen molar-refractivity contribution < 1.29 is 4.79 Å². The highest BCUT2D eigenvalue weighted by Crippen LogP contribution is 2.10. The Morgan fingerprint density at radius 3 is 2.74 bits per heavy atom. The van der Waals surface area contributed by atoms with E-state index in [1.54, 1.807) is 12.3 Å². The van der Waals surface area contributed by atoms with Crippen molar-refractivity contribution in [2.24, 2.45) is 0 Å². The van der Waals surface area contributed by atoms with E-state index in [0.29, 0.717) is 12.4 Å². The Balaban J connectivity index is 1.88. The zero-order valence-corrected chi connectivity index (χ0v) is 12.1. The van der Waals surface area contributed by atoms with E-state index in [1.807, 2.05) is 37.3 Å². The smallest absolute Gasteiger partial charge is 0.320 e. The van der Waals surface area contributed by atoms with Gasteiger partial charge < -0.3 is 5.32 Å². The first-order valence-electron chi connectivity index (χ1n) is 5.86. The molecule has 0 fully saturated rings. The van der Waals surface area contributed by atoms with Crippen LogP contribution >= 0.6 is 15.9 Å². The number of urea groups is 1. The Hall–Kier alpha value is -1.88. The lowest BCUT2D eigenvalue weighted by atomic mass is 10.1. The van der Waals surface area contributed by atoms with Crippen molar-refractivity contribution in [1.29, 1.82) is 0 Å². The van der Waals surface area contributed by atoms with Crippen LogP contribution in [0.1, 0.15) is 11.1 Å². The zero-order chi connectivity index (χ0) is 13.7. The number of halogens is 1. The largest absolute Gasteiger partial charge is 0.334 e. The highest BCUT2D eigenvalue weighted by atomic mass is 79.9. The van der Waals surface area contributed by atoms with Crippen LogP contribution in [0, 0.1) is 6.92 Å². The Morgan fingerprint density at radius 1 is 1.26 bits per heavy atom. The number of aryl methyl sites for hydroxylation is 1. The third-order valence-electron chi connectivity index (χ3n) is 2.67. The molecule has 19 heavy (non-hydrogen) atoms. The lowest BCUT2D eigenvalue weighted by molar-refractivity contribution is 0.251. The lowest BCUT2D eigenvalue weighted by Crippen LogP contribution is -2.28. The van der Waals surface area contributed by atoms with Gasteiger partial charge in [0, 0.05) is 17.2 Å². The van der Waals surface area contributed by atoms with Gasteiger partial charge in [0.25, 0.3) is 0 Å². The first-order valence-corrected chi connectivity index (χ1v) is 6.65. The highest BCUT2D eigenvalue weighted by Gasteiger charge is 2.03. The first-order chi connectivity index (χ1) is 9.15. The summed E-state index contributed by atoms with van der Waals surface area (Å²) in [4.78, 5) is 15.8. The van der Waals surface area contributed by atoms with E-state index in [-0.39, 0.29) is 6.03 Å². The van der Waals surface area contributed by atoms with Crippen molar-refractivity contribution in [1.82, 2.24) is 10.3 Å². The summed E-state index contributed by atoms with van der Waals surface area (Å²) in [7, 11) is 0. The summed E-state index contributed by atoms with van der Waals surface area (Å²) >= 11 is 3.29. The van der Waals surface area contributed by atoms with Gasteiger partial charge in [-0.05, 0) is 46.1 Å². The third kappa shape index (κ3) is 4.06. The predicted molar refractivity (Wildman–Crippen MR) is 79.0 cm³/mol. The minimum atomic E-state index is -0.266. The van der Waals surface area contributed by atoms with Crippen LogP contribution in [0.4, 0.5) is 10.6 Å². The number of hydrogen-bond acceptors (Lipinski definition) is 2. The maximum Gasteiger partial charge on any atom is 0.320 e. The molecule has 0 aliphatic rings. The van der Waals surface area contributed by atoms with Crippen LogP contribution in [-0.4, -0.2) is 11.0 Å². The van der Waals surface area contributed by atoms with Crippen LogP contribution in [0.5, 0.6) is 0 Å². The number of pyridine rings is 1. The van der Waals surface area contributed by atoms with Crippen LogP contribution < -0.4 is 10.6 Å². The molecule has 1 aromatic carbocycles. The minimum Gasteiger partial charge on any atom is -0.334 e. The zero-order valence-electron chi connectivity index (χ0n) is 10.5. The van der Waals surface area contributed by atoms with Crippen molar-refractivity contribution in [3.8, 4) is 0 Å². The second-order valence-corrected chi connectivity index (χ2v) is 5.01. The van der Waals surface area contributed by atoms with E-state index < -0.39 is 0 Å². The molecule has 0 saturated heterocycles. The number of aromatic nitrogens is 1. The van der Waals surface area contributed by atoms with Gasteiger partial charge in [-0.25, -0.2) is 9.78 Å². The molecule has 0 saturated carbocycles. The highest BCUT2D eigenvalue weighted by molar-refractivity contribution is 9.10. The number of rotatable bonds is 3. The van der Waals surface area contributed by atoms with Crippen molar-refractivity contribution in [2.45, 2.75) is 13.5 Å². The van der Waals surface area contributed by atoms with Gasteiger partial charge in [0.2, 0.25) is 0 Å². The van der Waals surface area contributed by atoms with Gasteiger partial charge in [0.1, 0.15) is 5.82 Å². The van der Waals surface area contributed by atoms with Gasteiger partial charge in [-0.15, -0.1) is 0 Å². The van der Waals surface area contributed by atoms with Crippen molar-refractivity contribution in [3.63, 3.8) is 0 Å². The maximum absolute atomic E-state index is 11.7. The molecule has 0 aliphatic heterocycles. The number of carbonyl (C=O) groups is 1. The summed E-state index contributed by atoms with van der Waals surface area (Å²) in [5.41, 5.74) is 2.26. The summed E-state index contributed by atoms with van der Waals surface area (Å²) < 4.78 is 0.873. The van der Waals surface area contributed by atoms with Crippen molar-refractivity contribution >= 4 is 27.8 Å². The maximum atomic E-state index is 11.7. The van der Waals surface area contributed by atoms with E-state index >= 15 is 0 Å². The third-order valence-corrected chi connectivity index (χ3v) is 3.14. The molecule has 2 aromatic rings. The molecule has 1 heterocycles. The molecule has 1 aromatic heterocycles. The molecule has 0 spiro atoms. The molecule has 2 amide bonds. The number of nitrogens with zero attached hydrogens (tertiary/aromatic N) is 1. The summed E-state index contributed by atoms with van der Waals surface area (Å²) in [6.07, 6.45) is 1.64. The fourth-order valence-corrected chi connectivity index (χ4v) is 1.83. The summed E-state index contributed by atoms with van der Waals surface area (Å²) in [5, 5.41) is 5.48. The molecular formula is C14H14BrN3O. The van der Waals surface area contributed by atoms with E-state index in [1.165, 1.54) is 0 Å². The molecule has 0 bridgehead atoms. The Morgan fingerprint density at radius 2 is 2.05 bits per heavy atom. The topological polar surface area (TPSA) is 54.0 Å². The lowest BCUT2D eigenvalue weighted by Gasteiger charge is -2.08. The molecule has 4 nitrogen and oxygen atoms in total. The quantitative estimate of drug-likeness (QED) is 0.910. The molecule has 0 atom stereocenters. The molecule has 0 aliphatic carbocycles. The molecule has 0 radical (unpaired) electrons. The Kier molecular flexibility index (Phi) is 4.52. The van der Waals surface area contributed by atoms with E-state index in [9.17, 15) is 4.79 Å². The van der Waals surface area contributed by atoms with Crippen molar-refractivity contribution in [3.05, 3.63) is 58.2 Å². The first kappa shape index (κ1) is 13.5. The van der Waals surface area contributed by atoms with Gasteiger partial charge in [-0.3, -0.25) is 5.32 Å². The standard InChI is InChI=1S/C14H14BrN3O/c1-10-4-2-3-5-11(10)8-17-14(19)18-13-7-6-12(15)9-16-13/h2-7,9H,8H2,1H3,(H2,16,17,18,19). The van der Waals surface area contributed by atoms with E-state index in [0.717, 1.165) is 15.6 Å². The molecule has 98 valence electrons. The van der Waals surface area contributed by atoms with Gasteiger partial charge in [0.15, 0.2) is 0 Å². The minimum absolute atomic E-state index is 0.266. The Bertz CT molecular complexity index is 569. The molecule has 0 unspecified atom stereocenters.